The van der Waals surface area contributed by atoms with E-state index in [1.54, 1.807) is 6.07 Å². The second-order valence-corrected chi connectivity index (χ2v) is 7.98. The lowest BCUT2D eigenvalue weighted by Crippen LogP contribution is -2.35. The first kappa shape index (κ1) is 22.9. The SMILES string of the molecule is CC1CCN(c2ccc(C(=O)NC(=S)Nc3ccc(O)c(C(=O)O)c3)cc2[N+](=O)[O-])CC1. The third kappa shape index (κ3) is 5.30. The fourth-order valence-corrected chi connectivity index (χ4v) is 3.66. The Hall–Kier alpha value is -3.73. The van der Waals surface area contributed by atoms with Crippen LogP contribution in [0.4, 0.5) is 17.1 Å². The van der Waals surface area contributed by atoms with E-state index in [9.17, 15) is 24.8 Å². The zero-order chi connectivity index (χ0) is 23.4. The number of carboxylic acids is 1. The Labute approximate surface area is 189 Å². The van der Waals surface area contributed by atoms with Crippen LogP contribution < -0.4 is 15.5 Å². The van der Waals surface area contributed by atoms with Crippen LogP contribution in [0.15, 0.2) is 36.4 Å². The van der Waals surface area contributed by atoms with Crippen LogP contribution in [0.2, 0.25) is 0 Å². The number of aromatic carboxylic acids is 1. The molecular weight excluding hydrogens is 436 g/mol. The second-order valence-electron chi connectivity index (χ2n) is 7.58. The monoisotopic (exact) mass is 458 g/mol. The van der Waals surface area contributed by atoms with Crippen molar-refractivity contribution in [2.24, 2.45) is 5.92 Å². The molecule has 0 bridgehead atoms. The van der Waals surface area contributed by atoms with Crippen LogP contribution in [0.5, 0.6) is 5.75 Å². The summed E-state index contributed by atoms with van der Waals surface area (Å²) >= 11 is 5.08. The number of rotatable bonds is 5. The van der Waals surface area contributed by atoms with E-state index in [1.807, 2.05) is 4.90 Å². The number of phenols is 1. The molecule has 32 heavy (non-hydrogen) atoms. The first-order chi connectivity index (χ1) is 15.2. The Morgan fingerprint density at radius 3 is 2.50 bits per heavy atom. The summed E-state index contributed by atoms with van der Waals surface area (Å²) < 4.78 is 0. The predicted molar refractivity (Wildman–Crippen MR) is 122 cm³/mol. The van der Waals surface area contributed by atoms with E-state index in [4.69, 9.17) is 17.3 Å². The summed E-state index contributed by atoms with van der Waals surface area (Å²) in [6.07, 6.45) is 1.89. The predicted octanol–water partition coefficient (Wildman–Crippen LogP) is 3.36. The molecular formula is C21H22N4O6S. The number of carbonyl (C=O) groups is 2. The highest BCUT2D eigenvalue weighted by Gasteiger charge is 2.25. The zero-order valence-corrected chi connectivity index (χ0v) is 18.0. The minimum Gasteiger partial charge on any atom is -0.507 e. The lowest BCUT2D eigenvalue weighted by Gasteiger charge is -2.31. The molecule has 0 aliphatic carbocycles. The molecule has 2 aromatic rings. The van der Waals surface area contributed by atoms with E-state index in [2.05, 4.69) is 17.6 Å². The van der Waals surface area contributed by atoms with E-state index >= 15 is 0 Å². The molecule has 1 saturated heterocycles. The Morgan fingerprint density at radius 2 is 1.88 bits per heavy atom. The molecule has 1 fully saturated rings. The number of hydrogen-bond donors (Lipinski definition) is 4. The molecule has 0 unspecified atom stereocenters. The highest BCUT2D eigenvalue weighted by Crippen LogP contribution is 2.32. The van der Waals surface area contributed by atoms with Crippen LogP contribution in [0.3, 0.4) is 0 Å². The Kier molecular flexibility index (Phi) is 6.89. The average molecular weight is 458 g/mol. The highest BCUT2D eigenvalue weighted by molar-refractivity contribution is 7.80. The summed E-state index contributed by atoms with van der Waals surface area (Å²) in [6.45, 7) is 3.58. The van der Waals surface area contributed by atoms with Gasteiger partial charge in [-0.3, -0.25) is 20.2 Å². The molecule has 0 radical (unpaired) electrons. The van der Waals surface area contributed by atoms with Crippen LogP contribution in [-0.4, -0.2) is 45.2 Å². The molecule has 4 N–H and O–H groups in total. The lowest BCUT2D eigenvalue weighted by molar-refractivity contribution is -0.384. The number of benzene rings is 2. The first-order valence-electron chi connectivity index (χ1n) is 9.87. The van der Waals surface area contributed by atoms with Gasteiger partial charge in [0.25, 0.3) is 11.6 Å². The van der Waals surface area contributed by atoms with Gasteiger partial charge in [-0.05, 0) is 61.3 Å². The maximum absolute atomic E-state index is 12.6. The maximum Gasteiger partial charge on any atom is 0.339 e. The van der Waals surface area contributed by atoms with Gasteiger partial charge >= 0.3 is 5.97 Å². The lowest BCUT2D eigenvalue weighted by atomic mass is 9.98. The molecule has 3 rings (SSSR count). The van der Waals surface area contributed by atoms with E-state index < -0.39 is 22.5 Å². The minimum absolute atomic E-state index is 0.0620. The van der Waals surface area contributed by atoms with Gasteiger partial charge in [-0.15, -0.1) is 0 Å². The highest BCUT2D eigenvalue weighted by atomic mass is 32.1. The van der Waals surface area contributed by atoms with Crippen LogP contribution in [0, 0.1) is 16.0 Å². The number of nitro benzene ring substituents is 1. The summed E-state index contributed by atoms with van der Waals surface area (Å²) in [5.41, 5.74) is 0.292. The first-order valence-corrected chi connectivity index (χ1v) is 10.3. The molecule has 0 spiro atoms. The Balaban J connectivity index is 1.72. The number of aromatic hydroxyl groups is 1. The molecule has 168 valence electrons. The Bertz CT molecular complexity index is 1080. The molecule has 0 atom stereocenters. The summed E-state index contributed by atoms with van der Waals surface area (Å²) in [5.74, 6) is -1.81. The van der Waals surface area contributed by atoms with Gasteiger partial charge in [-0.1, -0.05) is 6.92 Å². The van der Waals surface area contributed by atoms with Gasteiger partial charge < -0.3 is 20.4 Å². The molecule has 1 heterocycles. The van der Waals surface area contributed by atoms with Crippen molar-refractivity contribution in [2.75, 3.05) is 23.3 Å². The van der Waals surface area contributed by atoms with E-state index in [0.717, 1.165) is 18.9 Å². The van der Waals surface area contributed by atoms with Gasteiger partial charge in [0.2, 0.25) is 0 Å². The molecule has 1 amide bonds. The van der Waals surface area contributed by atoms with Crippen LogP contribution >= 0.6 is 12.2 Å². The van der Waals surface area contributed by atoms with Gasteiger partial charge in [-0.2, -0.15) is 0 Å². The number of nitrogens with one attached hydrogen (secondary N) is 2. The number of thiocarbonyl (C=S) groups is 1. The van der Waals surface area contributed by atoms with Gasteiger partial charge in [0.1, 0.15) is 17.0 Å². The molecule has 10 nitrogen and oxygen atoms in total. The van der Waals surface area contributed by atoms with E-state index in [1.165, 1.54) is 24.3 Å². The average Bonchev–Trinajstić information content (AvgIpc) is 2.75. The van der Waals surface area contributed by atoms with Gasteiger partial charge in [0.15, 0.2) is 5.11 Å². The number of amides is 1. The number of carbonyl (C=O) groups excluding carboxylic acids is 1. The zero-order valence-electron chi connectivity index (χ0n) is 17.2. The van der Waals surface area contributed by atoms with E-state index in [0.29, 0.717) is 24.7 Å². The van der Waals surface area contributed by atoms with E-state index in [-0.39, 0.29) is 27.6 Å². The number of anilines is 2. The van der Waals surface area contributed by atoms with Crippen molar-refractivity contribution in [1.29, 1.82) is 0 Å². The summed E-state index contributed by atoms with van der Waals surface area (Å²) in [5, 5.41) is 35.2. The second kappa shape index (κ2) is 9.60. The molecule has 1 aliphatic rings. The third-order valence-corrected chi connectivity index (χ3v) is 5.47. The number of carboxylic acid groups (broad SMARTS) is 1. The summed E-state index contributed by atoms with van der Waals surface area (Å²) in [6, 6.07) is 8.02. The quantitative estimate of drug-likeness (QED) is 0.229. The van der Waals surface area contributed by atoms with Gasteiger partial charge in [-0.25, -0.2) is 4.79 Å². The van der Waals surface area contributed by atoms with Crippen molar-refractivity contribution >= 4 is 46.3 Å². The smallest absolute Gasteiger partial charge is 0.339 e. The standard InChI is InChI=1S/C21H22N4O6S/c1-12-6-8-24(9-7-12)16-4-2-13(10-17(16)25(30)31)19(27)23-21(32)22-14-3-5-18(26)15(11-14)20(28)29/h2-5,10-12,26H,6-9H2,1H3,(H,28,29)(H2,22,23,27,32). The van der Waals surface area contributed by atoms with Crippen molar-refractivity contribution in [3.05, 3.63) is 57.6 Å². The van der Waals surface area contributed by atoms with Crippen molar-refractivity contribution in [3.63, 3.8) is 0 Å². The topological polar surface area (TPSA) is 145 Å². The van der Waals surface area contributed by atoms with Crippen molar-refractivity contribution in [1.82, 2.24) is 5.32 Å². The molecule has 0 saturated carbocycles. The Morgan fingerprint density at radius 1 is 1.19 bits per heavy atom. The molecule has 0 aromatic heterocycles. The summed E-state index contributed by atoms with van der Waals surface area (Å²) in [4.78, 5) is 36.8. The third-order valence-electron chi connectivity index (χ3n) is 5.27. The van der Waals surface area contributed by atoms with Crippen LogP contribution in [0.25, 0.3) is 0 Å². The maximum atomic E-state index is 12.6. The fraction of sp³-hybridized carbons (Fsp3) is 0.286. The minimum atomic E-state index is -1.32. The number of nitro groups is 1. The molecule has 2 aromatic carbocycles. The van der Waals surface area contributed by atoms with Crippen LogP contribution in [0.1, 0.15) is 40.5 Å². The van der Waals surface area contributed by atoms with Crippen molar-refractivity contribution in [2.45, 2.75) is 19.8 Å². The number of piperidine rings is 1. The number of hydrogen-bond acceptors (Lipinski definition) is 7. The summed E-state index contributed by atoms with van der Waals surface area (Å²) in [7, 11) is 0. The van der Waals surface area contributed by atoms with Crippen LogP contribution in [-0.2, 0) is 0 Å². The molecule has 11 heteroatoms. The normalized spacial score (nSPS) is 14.0. The van der Waals surface area contributed by atoms with Crippen molar-refractivity contribution in [3.8, 4) is 5.75 Å². The largest absolute Gasteiger partial charge is 0.507 e. The molecule has 1 aliphatic heterocycles. The van der Waals surface area contributed by atoms with Gasteiger partial charge in [0.05, 0.1) is 4.92 Å². The van der Waals surface area contributed by atoms with Gasteiger partial charge in [0, 0.05) is 30.4 Å². The number of nitrogens with zero attached hydrogens (tertiary/aromatic N) is 2. The fourth-order valence-electron chi connectivity index (χ4n) is 3.45. The van der Waals surface area contributed by atoms with Crippen molar-refractivity contribution < 1.29 is 24.7 Å².